The molecule has 0 aliphatic carbocycles. The van der Waals surface area contributed by atoms with Crippen LogP contribution in [0.3, 0.4) is 0 Å². The van der Waals surface area contributed by atoms with Crippen LogP contribution in [0.25, 0.3) is 0 Å². The molecule has 0 atom stereocenters. The standard InChI is InChI=1S/C10H22O.C7H16O2/c1-9(2)5-7-11-8-6-10(3)4;1-3-5-8-7-9-6-4-2/h9-10H,5-8H2,1-4H3;3-7H2,1-2H3. The SMILES string of the molecule is CC(C)CCOCCC(C)C.CCCOCOCCC. The van der Waals surface area contributed by atoms with E-state index in [9.17, 15) is 0 Å². The minimum atomic E-state index is 0.460. The third kappa shape index (κ3) is 26.4. The van der Waals surface area contributed by atoms with Gasteiger partial charge in [-0.2, -0.15) is 0 Å². The smallest absolute Gasteiger partial charge is 0.146 e. The fourth-order valence-electron chi connectivity index (χ4n) is 1.21. The lowest BCUT2D eigenvalue weighted by Gasteiger charge is -2.07. The first-order valence-electron chi connectivity index (χ1n) is 8.27. The lowest BCUT2D eigenvalue weighted by molar-refractivity contribution is -0.0531. The highest BCUT2D eigenvalue weighted by atomic mass is 16.7. The molecular formula is C17H38O3. The summed E-state index contributed by atoms with van der Waals surface area (Å²) < 4.78 is 15.6. The lowest BCUT2D eigenvalue weighted by Crippen LogP contribution is -2.02. The first kappa shape index (κ1) is 22.2. The zero-order valence-electron chi connectivity index (χ0n) is 14.7. The Balaban J connectivity index is 0. The summed E-state index contributed by atoms with van der Waals surface area (Å²) in [5, 5.41) is 0. The summed E-state index contributed by atoms with van der Waals surface area (Å²) in [5.41, 5.74) is 0. The molecule has 0 saturated heterocycles. The van der Waals surface area contributed by atoms with E-state index >= 15 is 0 Å². The highest BCUT2D eigenvalue weighted by Crippen LogP contribution is 2.02. The largest absolute Gasteiger partial charge is 0.381 e. The second-order valence-corrected chi connectivity index (χ2v) is 5.91. The summed E-state index contributed by atoms with van der Waals surface area (Å²) in [6.07, 6.45) is 4.52. The summed E-state index contributed by atoms with van der Waals surface area (Å²) in [6, 6.07) is 0. The Hall–Kier alpha value is -0.120. The maximum Gasteiger partial charge on any atom is 0.146 e. The molecule has 0 bridgehead atoms. The highest BCUT2D eigenvalue weighted by Gasteiger charge is 1.95. The average Bonchev–Trinajstić information content (AvgIpc) is 2.38. The van der Waals surface area contributed by atoms with Gasteiger partial charge in [0.2, 0.25) is 0 Å². The molecule has 3 nitrogen and oxygen atoms in total. The van der Waals surface area contributed by atoms with Gasteiger partial charge in [-0.3, -0.25) is 0 Å². The van der Waals surface area contributed by atoms with Gasteiger partial charge in [0.1, 0.15) is 6.79 Å². The zero-order chi connectivity index (χ0) is 15.6. The first-order valence-corrected chi connectivity index (χ1v) is 8.27. The summed E-state index contributed by atoms with van der Waals surface area (Å²) in [4.78, 5) is 0. The maximum absolute atomic E-state index is 5.46. The van der Waals surface area contributed by atoms with E-state index in [1.54, 1.807) is 0 Å². The van der Waals surface area contributed by atoms with Crippen molar-refractivity contribution in [3.63, 3.8) is 0 Å². The van der Waals surface area contributed by atoms with Gasteiger partial charge in [0.15, 0.2) is 0 Å². The number of ether oxygens (including phenoxy) is 3. The van der Waals surface area contributed by atoms with Crippen LogP contribution in [0.1, 0.15) is 67.2 Å². The molecule has 0 aromatic heterocycles. The van der Waals surface area contributed by atoms with Gasteiger partial charge in [-0.05, 0) is 37.5 Å². The van der Waals surface area contributed by atoms with Crippen molar-refractivity contribution in [1.82, 2.24) is 0 Å². The van der Waals surface area contributed by atoms with E-state index in [4.69, 9.17) is 14.2 Å². The fourth-order valence-corrected chi connectivity index (χ4v) is 1.21. The molecule has 0 rings (SSSR count). The van der Waals surface area contributed by atoms with Gasteiger partial charge in [0.25, 0.3) is 0 Å². The molecule has 0 spiro atoms. The molecule has 0 heterocycles. The molecule has 0 aliphatic heterocycles. The molecule has 0 aromatic rings. The van der Waals surface area contributed by atoms with Crippen molar-refractivity contribution in [3.05, 3.63) is 0 Å². The Bertz CT molecular complexity index is 142. The van der Waals surface area contributed by atoms with Crippen molar-refractivity contribution in [2.75, 3.05) is 33.2 Å². The normalized spacial score (nSPS) is 10.8. The minimum Gasteiger partial charge on any atom is -0.381 e. The molecular weight excluding hydrogens is 252 g/mol. The van der Waals surface area contributed by atoms with E-state index in [-0.39, 0.29) is 0 Å². The molecule has 0 N–H and O–H groups in total. The van der Waals surface area contributed by atoms with Crippen LogP contribution in [-0.2, 0) is 14.2 Å². The molecule has 0 unspecified atom stereocenters. The van der Waals surface area contributed by atoms with Crippen LogP contribution in [0.15, 0.2) is 0 Å². The van der Waals surface area contributed by atoms with Crippen molar-refractivity contribution in [1.29, 1.82) is 0 Å². The van der Waals surface area contributed by atoms with Crippen LogP contribution in [0, 0.1) is 11.8 Å². The van der Waals surface area contributed by atoms with Crippen molar-refractivity contribution < 1.29 is 14.2 Å². The summed E-state index contributed by atoms with van der Waals surface area (Å²) in [6.45, 7) is 17.0. The Morgan fingerprint density at radius 1 is 0.600 bits per heavy atom. The molecule has 124 valence electrons. The van der Waals surface area contributed by atoms with Gasteiger partial charge in [-0.15, -0.1) is 0 Å². The van der Waals surface area contributed by atoms with Crippen LogP contribution >= 0.6 is 0 Å². The topological polar surface area (TPSA) is 27.7 Å². The third-order valence-corrected chi connectivity index (χ3v) is 2.54. The Morgan fingerprint density at radius 3 is 1.30 bits per heavy atom. The lowest BCUT2D eigenvalue weighted by atomic mass is 10.1. The second-order valence-electron chi connectivity index (χ2n) is 5.91. The van der Waals surface area contributed by atoms with Crippen molar-refractivity contribution >= 4 is 0 Å². The van der Waals surface area contributed by atoms with Crippen molar-refractivity contribution in [3.8, 4) is 0 Å². The van der Waals surface area contributed by atoms with Gasteiger partial charge in [0, 0.05) is 26.4 Å². The Labute approximate surface area is 127 Å². The van der Waals surface area contributed by atoms with Crippen LogP contribution in [0.4, 0.5) is 0 Å². The summed E-state index contributed by atoms with van der Waals surface area (Å²) in [7, 11) is 0. The molecule has 0 saturated carbocycles. The fraction of sp³-hybridized carbons (Fsp3) is 1.00. The van der Waals surface area contributed by atoms with E-state index in [1.165, 1.54) is 12.8 Å². The van der Waals surface area contributed by atoms with Gasteiger partial charge in [-0.1, -0.05) is 41.5 Å². The number of rotatable bonds is 12. The van der Waals surface area contributed by atoms with Gasteiger partial charge in [-0.25, -0.2) is 0 Å². The van der Waals surface area contributed by atoms with E-state index < -0.39 is 0 Å². The van der Waals surface area contributed by atoms with Crippen molar-refractivity contribution in [2.24, 2.45) is 11.8 Å². The first-order chi connectivity index (χ1) is 9.54. The molecule has 0 amide bonds. The summed E-state index contributed by atoms with van der Waals surface area (Å²) in [5.74, 6) is 1.54. The van der Waals surface area contributed by atoms with E-state index in [0.717, 1.165) is 51.1 Å². The highest BCUT2D eigenvalue weighted by molar-refractivity contribution is 4.45. The maximum atomic E-state index is 5.46. The summed E-state index contributed by atoms with van der Waals surface area (Å²) >= 11 is 0. The molecule has 3 heteroatoms. The average molecular weight is 290 g/mol. The van der Waals surface area contributed by atoms with Gasteiger partial charge in [0.05, 0.1) is 0 Å². The quantitative estimate of drug-likeness (QED) is 0.378. The molecule has 0 fully saturated rings. The van der Waals surface area contributed by atoms with Gasteiger partial charge < -0.3 is 14.2 Å². The Morgan fingerprint density at radius 2 is 1.00 bits per heavy atom. The zero-order valence-corrected chi connectivity index (χ0v) is 14.7. The predicted molar refractivity (Wildman–Crippen MR) is 87.1 cm³/mol. The van der Waals surface area contributed by atoms with Crippen LogP contribution < -0.4 is 0 Å². The third-order valence-electron chi connectivity index (χ3n) is 2.54. The number of hydrogen-bond acceptors (Lipinski definition) is 3. The van der Waals surface area contributed by atoms with E-state index in [2.05, 4.69) is 41.5 Å². The molecule has 0 radical (unpaired) electrons. The monoisotopic (exact) mass is 290 g/mol. The predicted octanol–water partition coefficient (Wildman–Crippen LogP) is 4.89. The van der Waals surface area contributed by atoms with Crippen LogP contribution in [-0.4, -0.2) is 33.2 Å². The number of hydrogen-bond donors (Lipinski definition) is 0. The van der Waals surface area contributed by atoms with E-state index in [0.29, 0.717) is 6.79 Å². The van der Waals surface area contributed by atoms with Crippen LogP contribution in [0.2, 0.25) is 0 Å². The van der Waals surface area contributed by atoms with Gasteiger partial charge >= 0.3 is 0 Å². The van der Waals surface area contributed by atoms with Crippen molar-refractivity contribution in [2.45, 2.75) is 67.2 Å². The van der Waals surface area contributed by atoms with E-state index in [1.807, 2.05) is 0 Å². The molecule has 0 aliphatic rings. The van der Waals surface area contributed by atoms with Crippen LogP contribution in [0.5, 0.6) is 0 Å². The second kappa shape index (κ2) is 18.9. The molecule has 0 aromatic carbocycles. The Kier molecular flexibility index (Phi) is 20.9. The minimum absolute atomic E-state index is 0.460. The molecule has 20 heavy (non-hydrogen) atoms.